The Bertz CT molecular complexity index is 829. The third-order valence-corrected chi connectivity index (χ3v) is 3.48. The molecule has 7 nitrogen and oxygen atoms in total. The molecule has 0 unspecified atom stereocenters. The molecule has 0 aliphatic heterocycles. The predicted molar refractivity (Wildman–Crippen MR) is 71.9 cm³/mol. The topological polar surface area (TPSA) is 93.8 Å². The van der Waals surface area contributed by atoms with Crippen LogP contribution >= 0.6 is 11.3 Å². The molecule has 0 saturated carbocycles. The van der Waals surface area contributed by atoms with Gasteiger partial charge in [-0.3, -0.25) is 0 Å². The van der Waals surface area contributed by atoms with Gasteiger partial charge in [0.05, 0.1) is 0 Å². The van der Waals surface area contributed by atoms with E-state index in [2.05, 4.69) is 20.5 Å². The van der Waals surface area contributed by atoms with Gasteiger partial charge in [-0.2, -0.15) is 4.68 Å². The zero-order chi connectivity index (χ0) is 15.0. The largest absolute Gasteiger partial charge is 0.476 e. The molecule has 2 heterocycles. The molecule has 3 aromatic rings. The summed E-state index contributed by atoms with van der Waals surface area (Å²) in [4.78, 5) is 11.3. The third-order valence-electron chi connectivity index (χ3n) is 2.67. The maximum atomic E-state index is 13.4. The van der Waals surface area contributed by atoms with E-state index in [-0.39, 0.29) is 11.4 Å². The van der Waals surface area contributed by atoms with Crippen LogP contribution in [0, 0.1) is 12.7 Å². The summed E-state index contributed by atoms with van der Waals surface area (Å²) in [6.45, 7) is 1.76. The molecule has 1 aromatic carbocycles. The van der Waals surface area contributed by atoms with Crippen molar-refractivity contribution in [1.82, 2.24) is 25.2 Å². The highest BCUT2D eigenvalue weighted by Crippen LogP contribution is 2.27. The van der Waals surface area contributed by atoms with Crippen LogP contribution in [-0.2, 0) is 0 Å². The van der Waals surface area contributed by atoms with Crippen molar-refractivity contribution in [2.45, 2.75) is 6.92 Å². The molecule has 0 amide bonds. The average Bonchev–Trinajstić information content (AvgIpc) is 3.04. The van der Waals surface area contributed by atoms with Gasteiger partial charge in [-0.1, -0.05) is 28.7 Å². The minimum absolute atomic E-state index is 0.165. The summed E-state index contributed by atoms with van der Waals surface area (Å²) in [5.74, 6) is -1.73. The predicted octanol–water partition coefficient (Wildman–Crippen LogP) is 1.93. The molecular formula is C12H8FN5O2S. The number of hydrogen-bond donors (Lipinski definition) is 1. The number of aryl methyl sites for hydroxylation is 1. The molecule has 21 heavy (non-hydrogen) atoms. The second-order valence-corrected chi connectivity index (χ2v) is 5.28. The highest BCUT2D eigenvalue weighted by molar-refractivity contribution is 7.13. The number of nitrogens with zero attached hydrogens (tertiary/aromatic N) is 5. The standard InChI is InChI=1S/C12H8FN5O2S/c1-6-14-16-12(21-6)18-10(9(11(19)20)15-17-18)7-3-2-4-8(13)5-7/h2-5H,1H3,(H,19,20). The van der Waals surface area contributed by atoms with E-state index in [0.717, 1.165) is 0 Å². The van der Waals surface area contributed by atoms with Crippen molar-refractivity contribution in [3.8, 4) is 16.4 Å². The fourth-order valence-electron chi connectivity index (χ4n) is 1.83. The van der Waals surface area contributed by atoms with E-state index < -0.39 is 11.8 Å². The minimum Gasteiger partial charge on any atom is -0.476 e. The number of aromatic carboxylic acids is 1. The molecule has 0 radical (unpaired) electrons. The first-order valence-electron chi connectivity index (χ1n) is 5.81. The Morgan fingerprint density at radius 2 is 2.14 bits per heavy atom. The molecule has 106 valence electrons. The Kier molecular flexibility index (Phi) is 3.18. The van der Waals surface area contributed by atoms with Crippen molar-refractivity contribution in [3.05, 3.63) is 40.8 Å². The summed E-state index contributed by atoms with van der Waals surface area (Å²) in [7, 11) is 0. The molecule has 0 bridgehead atoms. The van der Waals surface area contributed by atoms with E-state index in [9.17, 15) is 14.3 Å². The molecule has 1 N–H and O–H groups in total. The lowest BCUT2D eigenvalue weighted by Gasteiger charge is -2.04. The fraction of sp³-hybridized carbons (Fsp3) is 0.0833. The Morgan fingerprint density at radius 1 is 1.33 bits per heavy atom. The summed E-state index contributed by atoms with van der Waals surface area (Å²) < 4.78 is 14.7. The van der Waals surface area contributed by atoms with E-state index in [1.54, 1.807) is 13.0 Å². The molecule has 0 fully saturated rings. The summed E-state index contributed by atoms with van der Waals surface area (Å²) in [5.41, 5.74) is 0.247. The number of halogens is 1. The number of carboxylic acid groups (broad SMARTS) is 1. The first-order chi connectivity index (χ1) is 10.1. The number of carbonyl (C=O) groups is 1. The van der Waals surface area contributed by atoms with Crippen molar-refractivity contribution in [1.29, 1.82) is 0 Å². The van der Waals surface area contributed by atoms with Gasteiger partial charge >= 0.3 is 5.97 Å². The second-order valence-electron chi connectivity index (χ2n) is 4.12. The van der Waals surface area contributed by atoms with Gasteiger partial charge in [-0.05, 0) is 19.1 Å². The summed E-state index contributed by atoms with van der Waals surface area (Å²) in [6, 6.07) is 5.56. The highest BCUT2D eigenvalue weighted by atomic mass is 32.1. The van der Waals surface area contributed by atoms with Gasteiger partial charge in [0.2, 0.25) is 5.13 Å². The maximum absolute atomic E-state index is 13.4. The monoisotopic (exact) mass is 305 g/mol. The molecule has 0 aliphatic rings. The zero-order valence-corrected chi connectivity index (χ0v) is 11.5. The molecule has 0 saturated heterocycles. The third kappa shape index (κ3) is 2.38. The van der Waals surface area contributed by atoms with E-state index >= 15 is 0 Å². The first-order valence-corrected chi connectivity index (χ1v) is 6.63. The lowest BCUT2D eigenvalue weighted by Crippen LogP contribution is -2.03. The molecule has 0 aliphatic carbocycles. The van der Waals surface area contributed by atoms with Gasteiger partial charge in [0, 0.05) is 5.56 Å². The smallest absolute Gasteiger partial charge is 0.358 e. The Balaban J connectivity index is 2.25. The second kappa shape index (κ2) is 5.02. The Hall–Kier alpha value is -2.68. The Labute approximate surface area is 121 Å². The first kappa shape index (κ1) is 13.3. The molecule has 3 rings (SSSR count). The van der Waals surface area contributed by atoms with Gasteiger partial charge in [-0.25, -0.2) is 9.18 Å². The quantitative estimate of drug-likeness (QED) is 0.794. The van der Waals surface area contributed by atoms with Crippen LogP contribution in [0.4, 0.5) is 4.39 Å². The zero-order valence-electron chi connectivity index (χ0n) is 10.7. The van der Waals surface area contributed by atoms with Crippen LogP contribution in [0.25, 0.3) is 16.4 Å². The molecule has 9 heteroatoms. The molecule has 2 aromatic heterocycles. The van der Waals surface area contributed by atoms with Crippen LogP contribution in [0.15, 0.2) is 24.3 Å². The lowest BCUT2D eigenvalue weighted by molar-refractivity contribution is 0.0691. The van der Waals surface area contributed by atoms with Crippen LogP contribution in [0.5, 0.6) is 0 Å². The van der Waals surface area contributed by atoms with Gasteiger partial charge < -0.3 is 5.11 Å². The highest BCUT2D eigenvalue weighted by Gasteiger charge is 2.23. The van der Waals surface area contributed by atoms with Crippen LogP contribution < -0.4 is 0 Å². The number of carboxylic acids is 1. The summed E-state index contributed by atoms with van der Waals surface area (Å²) in [6.07, 6.45) is 0. The molecule has 0 spiro atoms. The van der Waals surface area contributed by atoms with Crippen molar-refractivity contribution < 1.29 is 14.3 Å². The average molecular weight is 305 g/mol. The van der Waals surface area contributed by atoms with Crippen molar-refractivity contribution in [2.24, 2.45) is 0 Å². The lowest BCUT2D eigenvalue weighted by atomic mass is 10.1. The summed E-state index contributed by atoms with van der Waals surface area (Å²) in [5, 5.41) is 25.5. The summed E-state index contributed by atoms with van der Waals surface area (Å²) >= 11 is 1.23. The van der Waals surface area contributed by atoms with Gasteiger partial charge in [-0.15, -0.1) is 15.3 Å². The number of benzene rings is 1. The number of hydrogen-bond acceptors (Lipinski definition) is 6. The van der Waals surface area contributed by atoms with Crippen LogP contribution in [0.1, 0.15) is 15.5 Å². The number of rotatable bonds is 3. The van der Waals surface area contributed by atoms with E-state index in [0.29, 0.717) is 15.7 Å². The Morgan fingerprint density at radius 3 is 2.76 bits per heavy atom. The van der Waals surface area contributed by atoms with Crippen molar-refractivity contribution >= 4 is 17.3 Å². The van der Waals surface area contributed by atoms with Gasteiger partial charge in [0.25, 0.3) is 0 Å². The van der Waals surface area contributed by atoms with E-state index in [1.807, 2.05) is 0 Å². The maximum Gasteiger partial charge on any atom is 0.358 e. The SMILES string of the molecule is Cc1nnc(-n2nnc(C(=O)O)c2-c2cccc(F)c2)s1. The number of aromatic nitrogens is 5. The fourth-order valence-corrected chi connectivity index (χ4v) is 2.47. The van der Waals surface area contributed by atoms with Crippen LogP contribution in [0.2, 0.25) is 0 Å². The van der Waals surface area contributed by atoms with Crippen LogP contribution in [-0.4, -0.2) is 36.3 Å². The van der Waals surface area contributed by atoms with Crippen molar-refractivity contribution in [2.75, 3.05) is 0 Å². The van der Waals surface area contributed by atoms with E-state index in [1.165, 1.54) is 34.2 Å². The van der Waals surface area contributed by atoms with Gasteiger partial charge in [0.15, 0.2) is 5.69 Å². The van der Waals surface area contributed by atoms with Crippen LogP contribution in [0.3, 0.4) is 0 Å². The van der Waals surface area contributed by atoms with E-state index in [4.69, 9.17) is 0 Å². The minimum atomic E-state index is -1.25. The normalized spacial score (nSPS) is 10.8. The molecular weight excluding hydrogens is 297 g/mol. The van der Waals surface area contributed by atoms with Crippen molar-refractivity contribution in [3.63, 3.8) is 0 Å². The van der Waals surface area contributed by atoms with Gasteiger partial charge in [0.1, 0.15) is 16.5 Å². The molecule has 0 atom stereocenters.